The Morgan fingerprint density at radius 2 is 1.83 bits per heavy atom. The maximum absolute atomic E-state index is 12.7. The maximum atomic E-state index is 12.7. The second kappa shape index (κ2) is 6.14. The molecule has 2 N–H and O–H groups in total. The van der Waals surface area contributed by atoms with Crippen molar-refractivity contribution in [2.24, 2.45) is 5.92 Å². The van der Waals surface area contributed by atoms with E-state index in [2.05, 4.69) is 5.32 Å². The van der Waals surface area contributed by atoms with E-state index in [0.29, 0.717) is 5.56 Å². The third-order valence-electron chi connectivity index (χ3n) is 2.53. The Labute approximate surface area is 105 Å². The normalized spacial score (nSPS) is 12.2. The van der Waals surface area contributed by atoms with Crippen LogP contribution in [-0.2, 0) is 16.0 Å². The van der Waals surface area contributed by atoms with Crippen LogP contribution in [0.5, 0.6) is 0 Å². The Bertz CT molecular complexity index is 428. The molecule has 0 saturated heterocycles. The molecular formula is C13H16FNO3. The lowest BCUT2D eigenvalue weighted by Gasteiger charge is -2.17. The van der Waals surface area contributed by atoms with E-state index in [9.17, 15) is 14.0 Å². The van der Waals surface area contributed by atoms with E-state index >= 15 is 0 Å². The van der Waals surface area contributed by atoms with Gasteiger partial charge in [0.1, 0.15) is 11.9 Å². The molecule has 4 nitrogen and oxygen atoms in total. The zero-order valence-electron chi connectivity index (χ0n) is 10.3. The summed E-state index contributed by atoms with van der Waals surface area (Å²) in [6.07, 6.45) is 0.0385. The molecule has 0 radical (unpaired) electrons. The smallest absolute Gasteiger partial charge is 0.326 e. The number of nitrogens with one attached hydrogen (secondary N) is 1. The molecule has 1 aromatic rings. The third kappa shape index (κ3) is 4.16. The molecule has 1 atom stereocenters. The number of carboxylic acids is 1. The number of carbonyl (C=O) groups excluding carboxylic acids is 1. The van der Waals surface area contributed by atoms with Gasteiger partial charge in [0.05, 0.1) is 6.42 Å². The number of rotatable bonds is 5. The quantitative estimate of drug-likeness (QED) is 0.837. The number of carbonyl (C=O) groups is 2. The van der Waals surface area contributed by atoms with E-state index in [-0.39, 0.29) is 24.1 Å². The number of benzene rings is 1. The van der Waals surface area contributed by atoms with Crippen LogP contribution in [0.3, 0.4) is 0 Å². The molecule has 5 heteroatoms. The van der Waals surface area contributed by atoms with E-state index < -0.39 is 12.0 Å². The van der Waals surface area contributed by atoms with Crippen molar-refractivity contribution in [3.63, 3.8) is 0 Å². The Hall–Kier alpha value is -1.91. The molecule has 0 fully saturated rings. The van der Waals surface area contributed by atoms with E-state index in [1.165, 1.54) is 24.3 Å². The molecule has 0 bridgehead atoms. The highest BCUT2D eigenvalue weighted by molar-refractivity contribution is 5.84. The molecule has 18 heavy (non-hydrogen) atoms. The highest BCUT2D eigenvalue weighted by atomic mass is 19.1. The first-order valence-corrected chi connectivity index (χ1v) is 5.66. The van der Waals surface area contributed by atoms with Crippen LogP contribution in [0, 0.1) is 11.7 Å². The largest absolute Gasteiger partial charge is 0.480 e. The Morgan fingerprint density at radius 3 is 2.28 bits per heavy atom. The van der Waals surface area contributed by atoms with Gasteiger partial charge in [0.25, 0.3) is 0 Å². The standard InChI is InChI=1S/C13H16FNO3/c1-8(2)12(13(17)18)15-11(16)7-9-3-5-10(14)6-4-9/h3-6,8,12H,7H2,1-2H3,(H,15,16)(H,17,18)/t12-/m1/s1. The van der Waals surface area contributed by atoms with Crippen LogP contribution in [0.2, 0.25) is 0 Å². The highest BCUT2D eigenvalue weighted by Crippen LogP contribution is 2.05. The first-order chi connectivity index (χ1) is 8.40. The number of hydrogen-bond donors (Lipinski definition) is 2. The summed E-state index contributed by atoms with van der Waals surface area (Å²) in [5.74, 6) is -2.01. The Balaban J connectivity index is 2.60. The van der Waals surface area contributed by atoms with Gasteiger partial charge in [0.2, 0.25) is 5.91 Å². The van der Waals surface area contributed by atoms with Crippen molar-refractivity contribution in [2.75, 3.05) is 0 Å². The van der Waals surface area contributed by atoms with Gasteiger partial charge in [-0.3, -0.25) is 4.79 Å². The molecule has 0 spiro atoms. The molecule has 98 valence electrons. The second-order valence-electron chi connectivity index (χ2n) is 4.43. The van der Waals surface area contributed by atoms with Crippen molar-refractivity contribution in [3.05, 3.63) is 35.6 Å². The fourth-order valence-electron chi connectivity index (χ4n) is 1.53. The molecule has 1 amide bonds. The maximum Gasteiger partial charge on any atom is 0.326 e. The summed E-state index contributed by atoms with van der Waals surface area (Å²) in [5, 5.41) is 11.4. The SMILES string of the molecule is CC(C)[C@@H](NC(=O)Cc1ccc(F)cc1)C(=O)O. The average Bonchev–Trinajstić information content (AvgIpc) is 2.28. The van der Waals surface area contributed by atoms with Gasteiger partial charge in [0, 0.05) is 0 Å². The number of hydrogen-bond acceptors (Lipinski definition) is 2. The molecule has 0 aliphatic rings. The van der Waals surface area contributed by atoms with Crippen molar-refractivity contribution < 1.29 is 19.1 Å². The van der Waals surface area contributed by atoms with Crippen LogP contribution in [0.1, 0.15) is 19.4 Å². The van der Waals surface area contributed by atoms with Crippen molar-refractivity contribution in [2.45, 2.75) is 26.3 Å². The van der Waals surface area contributed by atoms with Crippen LogP contribution >= 0.6 is 0 Å². The van der Waals surface area contributed by atoms with Crippen molar-refractivity contribution >= 4 is 11.9 Å². The van der Waals surface area contributed by atoms with Crippen LogP contribution in [0.25, 0.3) is 0 Å². The number of halogens is 1. The van der Waals surface area contributed by atoms with Crippen molar-refractivity contribution in [3.8, 4) is 0 Å². The van der Waals surface area contributed by atoms with Gasteiger partial charge in [-0.2, -0.15) is 0 Å². The predicted octanol–water partition coefficient (Wildman–Crippen LogP) is 1.59. The minimum atomic E-state index is -1.06. The first-order valence-electron chi connectivity index (χ1n) is 5.66. The zero-order valence-corrected chi connectivity index (χ0v) is 10.3. The summed E-state index contributed by atoms with van der Waals surface area (Å²) in [6, 6.07) is 4.62. The summed E-state index contributed by atoms with van der Waals surface area (Å²) in [7, 11) is 0. The summed E-state index contributed by atoms with van der Waals surface area (Å²) >= 11 is 0. The highest BCUT2D eigenvalue weighted by Gasteiger charge is 2.23. The molecule has 0 heterocycles. The van der Waals surface area contributed by atoms with Gasteiger partial charge in [-0.05, 0) is 23.6 Å². The van der Waals surface area contributed by atoms with Crippen LogP contribution in [0.4, 0.5) is 4.39 Å². The number of carboxylic acid groups (broad SMARTS) is 1. The monoisotopic (exact) mass is 253 g/mol. The first kappa shape index (κ1) is 14.2. The molecular weight excluding hydrogens is 237 g/mol. The summed E-state index contributed by atoms with van der Waals surface area (Å²) in [6.45, 7) is 3.44. The van der Waals surface area contributed by atoms with Gasteiger partial charge < -0.3 is 10.4 Å². The lowest BCUT2D eigenvalue weighted by molar-refractivity contribution is -0.143. The predicted molar refractivity (Wildman–Crippen MR) is 64.5 cm³/mol. The summed E-state index contributed by atoms with van der Waals surface area (Å²) < 4.78 is 12.7. The summed E-state index contributed by atoms with van der Waals surface area (Å²) in [4.78, 5) is 22.6. The van der Waals surface area contributed by atoms with Crippen LogP contribution in [0.15, 0.2) is 24.3 Å². The second-order valence-corrected chi connectivity index (χ2v) is 4.43. The zero-order chi connectivity index (χ0) is 13.7. The lowest BCUT2D eigenvalue weighted by Crippen LogP contribution is -2.44. The fraction of sp³-hybridized carbons (Fsp3) is 0.385. The molecule has 1 rings (SSSR count). The Morgan fingerprint density at radius 1 is 1.28 bits per heavy atom. The van der Waals surface area contributed by atoms with Gasteiger partial charge in [-0.15, -0.1) is 0 Å². The van der Waals surface area contributed by atoms with Gasteiger partial charge in [-0.25, -0.2) is 9.18 Å². The number of amides is 1. The third-order valence-corrected chi connectivity index (χ3v) is 2.53. The van der Waals surface area contributed by atoms with Gasteiger partial charge in [0.15, 0.2) is 0 Å². The fourth-order valence-corrected chi connectivity index (χ4v) is 1.53. The minimum absolute atomic E-state index is 0.0385. The van der Waals surface area contributed by atoms with E-state index in [1.54, 1.807) is 13.8 Å². The van der Waals surface area contributed by atoms with Crippen molar-refractivity contribution in [1.29, 1.82) is 0 Å². The van der Waals surface area contributed by atoms with E-state index in [0.717, 1.165) is 0 Å². The molecule has 0 saturated carbocycles. The molecule has 1 aromatic carbocycles. The van der Waals surface area contributed by atoms with Crippen LogP contribution < -0.4 is 5.32 Å². The number of aliphatic carboxylic acids is 1. The molecule has 0 aromatic heterocycles. The minimum Gasteiger partial charge on any atom is -0.480 e. The van der Waals surface area contributed by atoms with Gasteiger partial charge in [-0.1, -0.05) is 26.0 Å². The Kier molecular flexibility index (Phi) is 4.83. The van der Waals surface area contributed by atoms with Crippen molar-refractivity contribution in [1.82, 2.24) is 5.32 Å². The van der Waals surface area contributed by atoms with E-state index in [4.69, 9.17) is 5.11 Å². The molecule has 0 unspecified atom stereocenters. The van der Waals surface area contributed by atoms with Crippen LogP contribution in [-0.4, -0.2) is 23.0 Å². The van der Waals surface area contributed by atoms with E-state index in [1.807, 2.05) is 0 Å². The topological polar surface area (TPSA) is 66.4 Å². The lowest BCUT2D eigenvalue weighted by atomic mass is 10.0. The van der Waals surface area contributed by atoms with Gasteiger partial charge >= 0.3 is 5.97 Å². The summed E-state index contributed by atoms with van der Waals surface area (Å²) in [5.41, 5.74) is 0.641. The molecule has 0 aliphatic heterocycles. The average molecular weight is 253 g/mol. The molecule has 0 aliphatic carbocycles.